The second kappa shape index (κ2) is 12.0. The summed E-state index contributed by atoms with van der Waals surface area (Å²) in [5, 5.41) is 38.9. The van der Waals surface area contributed by atoms with Crippen LogP contribution in [0.5, 0.6) is 0 Å². The lowest BCUT2D eigenvalue weighted by Crippen LogP contribution is -2.43. The number of esters is 1. The van der Waals surface area contributed by atoms with Crippen LogP contribution in [-0.2, 0) is 14.4 Å². The van der Waals surface area contributed by atoms with Gasteiger partial charge in [0.15, 0.2) is 0 Å². The first-order valence-electron chi connectivity index (χ1n) is 11.2. The summed E-state index contributed by atoms with van der Waals surface area (Å²) in [6.07, 6.45) is 6.35. The Morgan fingerprint density at radius 1 is 1.27 bits per heavy atom. The molecule has 0 radical (unpaired) electrons. The SMILES string of the molecule is CC[C@H](C)C(=O)O[C@H]1C[C@H](O)C=C2C=C[C@H](C)[C@H](CCC(O)C[C@@H](O)CCOO)[C@H]21. The van der Waals surface area contributed by atoms with E-state index in [2.05, 4.69) is 17.9 Å². The van der Waals surface area contributed by atoms with Gasteiger partial charge in [0.05, 0.1) is 30.8 Å². The molecule has 0 saturated heterocycles. The van der Waals surface area contributed by atoms with E-state index in [1.54, 1.807) is 0 Å². The van der Waals surface area contributed by atoms with Gasteiger partial charge in [0.25, 0.3) is 0 Å². The minimum atomic E-state index is -0.736. The second-order valence-corrected chi connectivity index (χ2v) is 8.90. The summed E-state index contributed by atoms with van der Waals surface area (Å²) < 4.78 is 5.86. The molecule has 0 aromatic carbocycles. The molecule has 4 N–H and O–H groups in total. The van der Waals surface area contributed by atoms with E-state index in [1.165, 1.54) is 0 Å². The van der Waals surface area contributed by atoms with Crippen molar-refractivity contribution in [3.63, 3.8) is 0 Å². The molecule has 172 valence electrons. The summed E-state index contributed by atoms with van der Waals surface area (Å²) in [6, 6.07) is 0. The molecule has 8 atom stereocenters. The summed E-state index contributed by atoms with van der Waals surface area (Å²) in [6.45, 7) is 5.95. The number of hydrogen-bond donors (Lipinski definition) is 4. The number of allylic oxidation sites excluding steroid dienone is 2. The molecule has 0 fully saturated rings. The highest BCUT2D eigenvalue weighted by molar-refractivity contribution is 5.72. The number of aliphatic hydroxyl groups excluding tert-OH is 3. The van der Waals surface area contributed by atoms with E-state index in [0.717, 1.165) is 5.57 Å². The number of carbonyl (C=O) groups is 1. The van der Waals surface area contributed by atoms with Gasteiger partial charge in [0.1, 0.15) is 6.10 Å². The van der Waals surface area contributed by atoms with Crippen LogP contribution in [0.3, 0.4) is 0 Å². The molecule has 0 bridgehead atoms. The molecule has 7 heteroatoms. The smallest absolute Gasteiger partial charge is 0.308 e. The van der Waals surface area contributed by atoms with Crippen LogP contribution in [0.4, 0.5) is 0 Å². The van der Waals surface area contributed by atoms with Crippen LogP contribution >= 0.6 is 0 Å². The fourth-order valence-corrected chi connectivity index (χ4v) is 4.54. The van der Waals surface area contributed by atoms with Crippen LogP contribution in [-0.4, -0.2) is 57.6 Å². The van der Waals surface area contributed by atoms with E-state index in [1.807, 2.05) is 26.0 Å². The van der Waals surface area contributed by atoms with Crippen molar-refractivity contribution in [2.45, 2.75) is 83.7 Å². The van der Waals surface area contributed by atoms with Crippen molar-refractivity contribution in [2.75, 3.05) is 6.61 Å². The van der Waals surface area contributed by atoms with E-state index in [9.17, 15) is 20.1 Å². The van der Waals surface area contributed by atoms with E-state index in [-0.39, 0.29) is 55.2 Å². The molecule has 0 amide bonds. The van der Waals surface area contributed by atoms with Gasteiger partial charge in [-0.05, 0) is 49.5 Å². The van der Waals surface area contributed by atoms with Gasteiger partial charge in [-0.3, -0.25) is 10.1 Å². The number of ether oxygens (including phenoxy) is 1. The van der Waals surface area contributed by atoms with Crippen LogP contribution in [0.15, 0.2) is 23.8 Å². The molecule has 0 saturated carbocycles. The normalized spacial score (nSPS) is 31.4. The van der Waals surface area contributed by atoms with Crippen LogP contribution in [0.25, 0.3) is 0 Å². The molecule has 0 heterocycles. The summed E-state index contributed by atoms with van der Waals surface area (Å²) in [7, 11) is 0. The molecule has 0 aliphatic heterocycles. The minimum Gasteiger partial charge on any atom is -0.461 e. The van der Waals surface area contributed by atoms with Crippen molar-refractivity contribution in [3.8, 4) is 0 Å². The Bertz CT molecular complexity index is 602. The molecule has 7 nitrogen and oxygen atoms in total. The molecule has 30 heavy (non-hydrogen) atoms. The average molecular weight is 427 g/mol. The Morgan fingerprint density at radius 2 is 1.97 bits per heavy atom. The lowest BCUT2D eigenvalue weighted by molar-refractivity contribution is -0.245. The predicted octanol–water partition coefficient (Wildman–Crippen LogP) is 2.85. The average Bonchev–Trinajstić information content (AvgIpc) is 2.70. The largest absolute Gasteiger partial charge is 0.461 e. The van der Waals surface area contributed by atoms with E-state index >= 15 is 0 Å². The molecular weight excluding hydrogens is 388 g/mol. The number of hydrogen-bond acceptors (Lipinski definition) is 7. The molecule has 2 aliphatic rings. The Labute approximate surface area is 179 Å². The Hall–Kier alpha value is -1.25. The highest BCUT2D eigenvalue weighted by Crippen LogP contribution is 2.44. The van der Waals surface area contributed by atoms with E-state index < -0.39 is 18.3 Å². The van der Waals surface area contributed by atoms with E-state index in [0.29, 0.717) is 25.7 Å². The Balaban J connectivity index is 2.06. The van der Waals surface area contributed by atoms with Gasteiger partial charge in [-0.1, -0.05) is 39.0 Å². The lowest BCUT2D eigenvalue weighted by atomic mass is 9.66. The lowest BCUT2D eigenvalue weighted by Gasteiger charge is -2.43. The zero-order valence-electron chi connectivity index (χ0n) is 18.3. The third kappa shape index (κ3) is 6.89. The van der Waals surface area contributed by atoms with Crippen molar-refractivity contribution >= 4 is 5.97 Å². The fraction of sp³-hybridized carbons (Fsp3) is 0.783. The number of fused-ring (bicyclic) bond motifs is 1. The van der Waals surface area contributed by atoms with Crippen LogP contribution in [0.1, 0.15) is 59.3 Å². The van der Waals surface area contributed by atoms with Crippen LogP contribution in [0.2, 0.25) is 0 Å². The zero-order valence-corrected chi connectivity index (χ0v) is 18.3. The third-order valence-corrected chi connectivity index (χ3v) is 6.57. The van der Waals surface area contributed by atoms with Gasteiger partial charge in [-0.15, -0.1) is 0 Å². The van der Waals surface area contributed by atoms with Crippen molar-refractivity contribution in [1.29, 1.82) is 0 Å². The fourth-order valence-electron chi connectivity index (χ4n) is 4.54. The van der Waals surface area contributed by atoms with Gasteiger partial charge in [-0.25, -0.2) is 4.89 Å². The standard InChI is InChI=1S/C23H38O7/c1-4-14(2)23(27)30-21-13-19(26)11-16-6-5-15(3)20(22(16)21)8-7-17(24)12-18(25)9-10-29-28/h5-6,11,14-15,17-22,24-26,28H,4,7-10,12-13H2,1-3H3/t14-,15-,17?,18-,19+,20-,21-,22-/m0/s1. The summed E-state index contributed by atoms with van der Waals surface area (Å²) >= 11 is 0. The topological polar surface area (TPSA) is 116 Å². The summed E-state index contributed by atoms with van der Waals surface area (Å²) in [5.74, 6) is -0.0200. The maximum atomic E-state index is 12.4. The number of carbonyl (C=O) groups excluding carboxylic acids is 1. The first kappa shape index (κ1) is 25.0. The maximum Gasteiger partial charge on any atom is 0.308 e. The highest BCUT2D eigenvalue weighted by Gasteiger charge is 2.42. The van der Waals surface area contributed by atoms with E-state index in [4.69, 9.17) is 9.99 Å². The molecule has 1 unspecified atom stereocenters. The molecule has 2 aliphatic carbocycles. The first-order valence-corrected chi connectivity index (χ1v) is 11.2. The van der Waals surface area contributed by atoms with Crippen molar-refractivity contribution in [2.24, 2.45) is 23.7 Å². The summed E-state index contributed by atoms with van der Waals surface area (Å²) in [5.41, 5.74) is 0.994. The first-order chi connectivity index (χ1) is 14.3. The highest BCUT2D eigenvalue weighted by atomic mass is 17.1. The molecule has 0 aromatic heterocycles. The molecular formula is C23H38O7. The minimum absolute atomic E-state index is 0.0127. The molecule has 0 spiro atoms. The van der Waals surface area contributed by atoms with Crippen LogP contribution < -0.4 is 0 Å². The third-order valence-electron chi connectivity index (χ3n) is 6.57. The second-order valence-electron chi connectivity index (χ2n) is 8.90. The monoisotopic (exact) mass is 426 g/mol. The Morgan fingerprint density at radius 3 is 2.63 bits per heavy atom. The number of rotatable bonds is 11. The molecule has 0 aromatic rings. The predicted molar refractivity (Wildman–Crippen MR) is 112 cm³/mol. The van der Waals surface area contributed by atoms with Crippen molar-refractivity contribution in [1.82, 2.24) is 0 Å². The quantitative estimate of drug-likeness (QED) is 0.228. The van der Waals surface area contributed by atoms with Crippen molar-refractivity contribution < 1.29 is 35.0 Å². The van der Waals surface area contributed by atoms with Gasteiger partial charge < -0.3 is 20.1 Å². The maximum absolute atomic E-state index is 12.4. The zero-order chi connectivity index (χ0) is 22.3. The summed E-state index contributed by atoms with van der Waals surface area (Å²) in [4.78, 5) is 16.4. The molecule has 2 rings (SSSR count). The van der Waals surface area contributed by atoms with Gasteiger partial charge >= 0.3 is 5.97 Å². The number of aliphatic hydroxyl groups is 3. The van der Waals surface area contributed by atoms with Gasteiger partial charge in [0.2, 0.25) is 0 Å². The van der Waals surface area contributed by atoms with Gasteiger partial charge in [0, 0.05) is 12.3 Å². The Kier molecular flexibility index (Phi) is 9.97. The van der Waals surface area contributed by atoms with Gasteiger partial charge in [-0.2, -0.15) is 0 Å². The van der Waals surface area contributed by atoms with Crippen molar-refractivity contribution in [3.05, 3.63) is 23.8 Å². The van der Waals surface area contributed by atoms with Crippen LogP contribution in [0, 0.1) is 23.7 Å².